The van der Waals surface area contributed by atoms with Crippen LogP contribution in [0.3, 0.4) is 0 Å². The third-order valence-corrected chi connectivity index (χ3v) is 6.08. The molecule has 1 aromatic carbocycles. The third kappa shape index (κ3) is 4.09. The van der Waals surface area contributed by atoms with E-state index in [2.05, 4.69) is 57.8 Å². The smallest absolute Gasteiger partial charge is 0.223 e. The predicted octanol–water partition coefficient (Wildman–Crippen LogP) is 3.65. The van der Waals surface area contributed by atoms with E-state index in [1.807, 2.05) is 0 Å². The maximum Gasteiger partial charge on any atom is 0.223 e. The van der Waals surface area contributed by atoms with Crippen molar-refractivity contribution in [1.82, 2.24) is 10.6 Å². The first-order valence-electron chi connectivity index (χ1n) is 8.35. The molecule has 3 nitrogen and oxygen atoms in total. The van der Waals surface area contributed by atoms with Crippen LogP contribution >= 0.6 is 28.3 Å². The number of halogens is 2. The largest absolute Gasteiger partial charge is 0.355 e. The summed E-state index contributed by atoms with van der Waals surface area (Å²) in [6.45, 7) is 4.79. The number of rotatable bonds is 5. The molecule has 5 heteroatoms. The van der Waals surface area contributed by atoms with Gasteiger partial charge in [-0.2, -0.15) is 0 Å². The topological polar surface area (TPSA) is 41.1 Å². The van der Waals surface area contributed by atoms with Gasteiger partial charge >= 0.3 is 0 Å². The van der Waals surface area contributed by atoms with Gasteiger partial charge in [-0.05, 0) is 49.5 Å². The van der Waals surface area contributed by atoms with Crippen LogP contribution in [-0.4, -0.2) is 25.5 Å². The average molecular weight is 402 g/mol. The molecule has 128 valence electrons. The molecule has 1 unspecified atom stereocenters. The van der Waals surface area contributed by atoms with Crippen LogP contribution in [0.25, 0.3) is 0 Å². The van der Waals surface area contributed by atoms with Gasteiger partial charge in [0.1, 0.15) is 0 Å². The van der Waals surface area contributed by atoms with Gasteiger partial charge in [0.25, 0.3) is 0 Å². The van der Waals surface area contributed by atoms with Gasteiger partial charge < -0.3 is 10.6 Å². The summed E-state index contributed by atoms with van der Waals surface area (Å²) in [4.78, 5) is 12.4. The van der Waals surface area contributed by atoms with Crippen LogP contribution in [0.2, 0.25) is 0 Å². The first-order valence-corrected chi connectivity index (χ1v) is 9.14. The van der Waals surface area contributed by atoms with Crippen molar-refractivity contribution in [3.63, 3.8) is 0 Å². The Morgan fingerprint density at radius 1 is 1.30 bits per heavy atom. The van der Waals surface area contributed by atoms with Crippen molar-refractivity contribution >= 4 is 34.2 Å². The van der Waals surface area contributed by atoms with Crippen LogP contribution in [-0.2, 0) is 10.2 Å². The molecular weight excluding hydrogens is 376 g/mol. The summed E-state index contributed by atoms with van der Waals surface area (Å²) in [5.41, 5.74) is 1.50. The van der Waals surface area contributed by atoms with Gasteiger partial charge in [-0.3, -0.25) is 4.79 Å². The van der Waals surface area contributed by atoms with E-state index in [1.165, 1.54) is 31.2 Å². The maximum atomic E-state index is 12.4. The molecule has 1 aliphatic carbocycles. The molecule has 0 aromatic heterocycles. The lowest BCUT2D eigenvalue weighted by atomic mass is 9.78. The van der Waals surface area contributed by atoms with Gasteiger partial charge in [-0.15, -0.1) is 12.4 Å². The van der Waals surface area contributed by atoms with E-state index in [0.717, 1.165) is 24.1 Å². The monoisotopic (exact) mass is 400 g/mol. The molecule has 1 atom stereocenters. The van der Waals surface area contributed by atoms with Crippen LogP contribution in [0.1, 0.15) is 38.2 Å². The highest BCUT2D eigenvalue weighted by atomic mass is 79.9. The Labute approximate surface area is 153 Å². The second kappa shape index (κ2) is 8.00. The molecule has 1 aliphatic heterocycles. The summed E-state index contributed by atoms with van der Waals surface area (Å²) in [6, 6.07) is 8.64. The fourth-order valence-corrected chi connectivity index (χ4v) is 3.98. The van der Waals surface area contributed by atoms with E-state index in [-0.39, 0.29) is 29.6 Å². The Morgan fingerprint density at radius 3 is 2.43 bits per heavy atom. The Bertz CT molecular complexity index is 524. The van der Waals surface area contributed by atoms with Crippen LogP contribution in [0.15, 0.2) is 28.7 Å². The highest BCUT2D eigenvalue weighted by Crippen LogP contribution is 2.41. The summed E-state index contributed by atoms with van der Waals surface area (Å²) in [7, 11) is 0. The molecule has 1 aromatic rings. The van der Waals surface area contributed by atoms with Crippen molar-refractivity contribution in [1.29, 1.82) is 0 Å². The predicted molar refractivity (Wildman–Crippen MR) is 100 cm³/mol. The molecule has 0 radical (unpaired) electrons. The first kappa shape index (κ1) is 18.8. The number of carbonyl (C=O) groups is 1. The third-order valence-electron chi connectivity index (χ3n) is 5.55. The summed E-state index contributed by atoms with van der Waals surface area (Å²) >= 11 is 3.51. The van der Waals surface area contributed by atoms with Gasteiger partial charge in [0, 0.05) is 22.4 Å². The molecule has 1 saturated heterocycles. The van der Waals surface area contributed by atoms with Gasteiger partial charge in [0.05, 0.1) is 0 Å². The summed E-state index contributed by atoms with van der Waals surface area (Å²) < 4.78 is 1.11. The quantitative estimate of drug-likeness (QED) is 0.790. The zero-order chi connectivity index (χ0) is 15.6. The van der Waals surface area contributed by atoms with E-state index in [1.54, 1.807) is 0 Å². The van der Waals surface area contributed by atoms with Gasteiger partial charge in [0.15, 0.2) is 0 Å². The molecule has 2 aliphatic rings. The van der Waals surface area contributed by atoms with Gasteiger partial charge in [-0.25, -0.2) is 0 Å². The lowest BCUT2D eigenvalue weighted by molar-refractivity contribution is -0.127. The molecule has 1 saturated carbocycles. The molecular formula is C18H26BrClN2O. The minimum absolute atomic E-state index is 0. The fourth-order valence-electron chi connectivity index (χ4n) is 3.72. The fraction of sp³-hybridized carbons (Fsp3) is 0.611. The Hall–Kier alpha value is -0.580. The van der Waals surface area contributed by atoms with Crippen molar-refractivity contribution in [2.45, 2.75) is 38.0 Å². The molecule has 1 heterocycles. The van der Waals surface area contributed by atoms with E-state index in [9.17, 15) is 4.79 Å². The van der Waals surface area contributed by atoms with Gasteiger partial charge in [0.2, 0.25) is 5.91 Å². The van der Waals surface area contributed by atoms with Crippen LogP contribution in [0.5, 0.6) is 0 Å². The highest BCUT2D eigenvalue weighted by Gasteiger charge is 2.37. The maximum absolute atomic E-state index is 12.4. The zero-order valence-corrected chi connectivity index (χ0v) is 16.0. The minimum Gasteiger partial charge on any atom is -0.355 e. The number of hydrogen-bond acceptors (Lipinski definition) is 2. The standard InChI is InChI=1S/C18H25BrN2O.ClH/c1-13(14-10-20-11-14)17(22)21-12-18(8-2-3-9-18)15-4-6-16(19)7-5-15;/h4-7,13-14,20H,2-3,8-12H2,1H3,(H,21,22);1H. The molecule has 2 N–H and O–H groups in total. The Balaban J connectivity index is 0.00000192. The molecule has 23 heavy (non-hydrogen) atoms. The molecule has 1 amide bonds. The number of amides is 1. The number of benzene rings is 1. The van der Waals surface area contributed by atoms with Crippen molar-refractivity contribution in [2.75, 3.05) is 19.6 Å². The van der Waals surface area contributed by atoms with Crippen LogP contribution in [0.4, 0.5) is 0 Å². The normalized spacial score (nSPS) is 21.1. The summed E-state index contributed by atoms with van der Waals surface area (Å²) in [5.74, 6) is 0.840. The molecule has 0 bridgehead atoms. The molecule has 3 rings (SSSR count). The van der Waals surface area contributed by atoms with Crippen LogP contribution < -0.4 is 10.6 Å². The minimum atomic E-state index is 0. The molecule has 0 spiro atoms. The van der Waals surface area contributed by atoms with E-state index in [4.69, 9.17) is 0 Å². The second-order valence-corrected chi connectivity index (χ2v) is 7.83. The number of nitrogens with one attached hydrogen (secondary N) is 2. The summed E-state index contributed by atoms with van der Waals surface area (Å²) in [6.07, 6.45) is 4.87. The van der Waals surface area contributed by atoms with Crippen molar-refractivity contribution in [3.8, 4) is 0 Å². The van der Waals surface area contributed by atoms with E-state index < -0.39 is 0 Å². The SMILES string of the molecule is CC(C(=O)NCC1(c2ccc(Br)cc2)CCCC1)C1CNC1.Cl. The summed E-state index contributed by atoms with van der Waals surface area (Å²) in [5, 5.41) is 6.50. The zero-order valence-electron chi connectivity index (χ0n) is 13.6. The Kier molecular flexibility index (Phi) is 6.52. The van der Waals surface area contributed by atoms with Gasteiger partial charge in [-0.1, -0.05) is 47.8 Å². The first-order chi connectivity index (χ1) is 10.6. The van der Waals surface area contributed by atoms with Crippen molar-refractivity contribution in [3.05, 3.63) is 34.3 Å². The second-order valence-electron chi connectivity index (χ2n) is 6.92. The number of hydrogen-bond donors (Lipinski definition) is 2. The van der Waals surface area contributed by atoms with Crippen LogP contribution in [0, 0.1) is 11.8 Å². The molecule has 2 fully saturated rings. The average Bonchev–Trinajstić information content (AvgIpc) is 2.93. The highest BCUT2D eigenvalue weighted by molar-refractivity contribution is 9.10. The van der Waals surface area contributed by atoms with E-state index >= 15 is 0 Å². The number of carbonyl (C=O) groups excluding carboxylic acids is 1. The lowest BCUT2D eigenvalue weighted by Crippen LogP contribution is -2.51. The van der Waals surface area contributed by atoms with E-state index in [0.29, 0.717) is 5.92 Å². The van der Waals surface area contributed by atoms with Crippen molar-refractivity contribution in [2.24, 2.45) is 11.8 Å². The Morgan fingerprint density at radius 2 is 1.91 bits per heavy atom. The van der Waals surface area contributed by atoms with Crippen molar-refractivity contribution < 1.29 is 4.79 Å². The lowest BCUT2D eigenvalue weighted by Gasteiger charge is -2.34.